The normalized spacial score (nSPS) is 16.5. The van der Waals surface area contributed by atoms with Gasteiger partial charge in [0.2, 0.25) is 0 Å². The molecule has 0 unspecified atom stereocenters. The van der Waals surface area contributed by atoms with Crippen molar-refractivity contribution in [2.75, 3.05) is 19.6 Å². The number of nitrogens with one attached hydrogen (secondary N) is 2. The number of carbonyl (C=O) groups is 1. The second-order valence-corrected chi connectivity index (χ2v) is 6.06. The molecule has 0 bridgehead atoms. The van der Waals surface area contributed by atoms with Gasteiger partial charge in [-0.2, -0.15) is 0 Å². The van der Waals surface area contributed by atoms with E-state index in [2.05, 4.69) is 17.6 Å². The van der Waals surface area contributed by atoms with Gasteiger partial charge < -0.3 is 10.6 Å². The predicted molar refractivity (Wildman–Crippen MR) is 87.6 cm³/mol. The molecule has 122 valence electrons. The highest BCUT2D eigenvalue weighted by Crippen LogP contribution is 2.27. The molecule has 22 heavy (non-hydrogen) atoms. The molecule has 1 fully saturated rings. The third-order valence-electron chi connectivity index (χ3n) is 4.02. The number of aryl methyl sites for hydroxylation is 1. The highest BCUT2D eigenvalue weighted by Gasteiger charge is 2.27. The van der Waals surface area contributed by atoms with Crippen molar-refractivity contribution < 1.29 is 9.72 Å². The number of nitro groups is 1. The third-order valence-corrected chi connectivity index (χ3v) is 4.02. The van der Waals surface area contributed by atoms with Gasteiger partial charge in [-0.15, -0.1) is 12.4 Å². The van der Waals surface area contributed by atoms with Gasteiger partial charge in [0, 0.05) is 24.2 Å². The number of amides is 1. The molecule has 2 N–H and O–H groups in total. The number of hydrogen-bond donors (Lipinski definition) is 2. The summed E-state index contributed by atoms with van der Waals surface area (Å²) in [5.41, 5.74) is 1.10. The van der Waals surface area contributed by atoms with Gasteiger partial charge in [0.15, 0.2) is 0 Å². The van der Waals surface area contributed by atoms with Gasteiger partial charge in [0.05, 0.1) is 4.92 Å². The predicted octanol–water partition coefficient (Wildman–Crippen LogP) is 2.44. The van der Waals surface area contributed by atoms with E-state index in [0.717, 1.165) is 25.9 Å². The molecule has 0 atom stereocenters. The minimum Gasteiger partial charge on any atom is -0.351 e. The van der Waals surface area contributed by atoms with Crippen molar-refractivity contribution in [3.8, 4) is 0 Å². The van der Waals surface area contributed by atoms with Crippen LogP contribution in [0.15, 0.2) is 18.2 Å². The molecular formula is C15H22ClN3O3. The minimum atomic E-state index is -0.474. The number of rotatable bonds is 4. The van der Waals surface area contributed by atoms with Crippen LogP contribution in [0.25, 0.3) is 0 Å². The lowest BCUT2D eigenvalue weighted by Crippen LogP contribution is -2.42. The van der Waals surface area contributed by atoms with Crippen molar-refractivity contribution in [3.05, 3.63) is 39.4 Å². The van der Waals surface area contributed by atoms with E-state index in [-0.39, 0.29) is 29.4 Å². The fraction of sp³-hybridized carbons (Fsp3) is 0.533. The second-order valence-electron chi connectivity index (χ2n) is 6.06. The Labute approximate surface area is 136 Å². The molecule has 1 heterocycles. The Morgan fingerprint density at radius 1 is 1.36 bits per heavy atom. The largest absolute Gasteiger partial charge is 0.351 e. The van der Waals surface area contributed by atoms with Crippen molar-refractivity contribution >= 4 is 24.0 Å². The molecule has 0 saturated carbocycles. The Hall–Kier alpha value is -1.66. The highest BCUT2D eigenvalue weighted by molar-refractivity contribution is 5.95. The van der Waals surface area contributed by atoms with Crippen LogP contribution >= 0.6 is 12.4 Å². The zero-order valence-corrected chi connectivity index (χ0v) is 13.7. The van der Waals surface area contributed by atoms with Crippen molar-refractivity contribution in [1.29, 1.82) is 0 Å². The summed E-state index contributed by atoms with van der Waals surface area (Å²) in [5, 5.41) is 17.1. The quantitative estimate of drug-likeness (QED) is 0.657. The lowest BCUT2D eigenvalue weighted by atomic mass is 9.81. The topological polar surface area (TPSA) is 84.3 Å². The van der Waals surface area contributed by atoms with Crippen molar-refractivity contribution in [1.82, 2.24) is 10.6 Å². The lowest BCUT2D eigenvalue weighted by molar-refractivity contribution is -0.384. The van der Waals surface area contributed by atoms with E-state index >= 15 is 0 Å². The summed E-state index contributed by atoms with van der Waals surface area (Å²) in [5.74, 6) is -0.249. The zero-order chi connectivity index (χ0) is 15.5. The fourth-order valence-electron chi connectivity index (χ4n) is 2.60. The van der Waals surface area contributed by atoms with E-state index in [0.29, 0.717) is 17.7 Å². The van der Waals surface area contributed by atoms with E-state index in [1.165, 1.54) is 12.1 Å². The van der Waals surface area contributed by atoms with Crippen LogP contribution in [0, 0.1) is 22.5 Å². The number of nitrogens with zero attached hydrogens (tertiary/aromatic N) is 1. The molecule has 7 heteroatoms. The first-order chi connectivity index (χ1) is 9.89. The smallest absolute Gasteiger partial charge is 0.270 e. The summed E-state index contributed by atoms with van der Waals surface area (Å²) in [6.07, 6.45) is 2.03. The molecule has 0 spiro atoms. The van der Waals surface area contributed by atoms with Gasteiger partial charge in [-0.25, -0.2) is 0 Å². The van der Waals surface area contributed by atoms with E-state index in [1.54, 1.807) is 13.0 Å². The molecule has 1 saturated heterocycles. The maximum atomic E-state index is 12.2. The minimum absolute atomic E-state index is 0. The van der Waals surface area contributed by atoms with Crippen LogP contribution in [0.2, 0.25) is 0 Å². The first-order valence-corrected chi connectivity index (χ1v) is 7.15. The maximum absolute atomic E-state index is 12.2. The standard InChI is InChI=1S/C15H21N3O3.ClH/c1-11-7-12(9-13(8-11)18(20)21)14(19)17-10-15(2)3-5-16-6-4-15;/h7-9,16H,3-6,10H2,1-2H3,(H,17,19);1H. The highest BCUT2D eigenvalue weighted by atomic mass is 35.5. The third kappa shape index (κ3) is 4.68. The van der Waals surface area contributed by atoms with Crippen LogP contribution in [0.5, 0.6) is 0 Å². The summed E-state index contributed by atoms with van der Waals surface area (Å²) >= 11 is 0. The SMILES string of the molecule is Cc1cc(C(=O)NCC2(C)CCNCC2)cc([N+](=O)[O-])c1.Cl. The van der Waals surface area contributed by atoms with Gasteiger partial charge in [-0.1, -0.05) is 6.92 Å². The number of hydrogen-bond acceptors (Lipinski definition) is 4. The average Bonchev–Trinajstić information content (AvgIpc) is 2.45. The number of piperidine rings is 1. The van der Waals surface area contributed by atoms with Gasteiger partial charge in [-0.05, 0) is 49.9 Å². The molecule has 0 aromatic heterocycles. The van der Waals surface area contributed by atoms with Crippen molar-refractivity contribution in [2.45, 2.75) is 26.7 Å². The summed E-state index contributed by atoms with van der Waals surface area (Å²) in [4.78, 5) is 22.6. The molecule has 0 aliphatic carbocycles. The van der Waals surface area contributed by atoms with Crippen LogP contribution in [-0.4, -0.2) is 30.5 Å². The summed E-state index contributed by atoms with van der Waals surface area (Å²) < 4.78 is 0. The van der Waals surface area contributed by atoms with E-state index < -0.39 is 4.92 Å². The summed E-state index contributed by atoms with van der Waals surface area (Å²) in [7, 11) is 0. The first-order valence-electron chi connectivity index (χ1n) is 7.15. The molecule has 1 aliphatic heterocycles. The molecule has 1 aromatic rings. The van der Waals surface area contributed by atoms with Crippen molar-refractivity contribution in [2.24, 2.45) is 5.41 Å². The van der Waals surface area contributed by atoms with Gasteiger partial charge in [-0.3, -0.25) is 14.9 Å². The molecule has 1 amide bonds. The zero-order valence-electron chi connectivity index (χ0n) is 12.8. The van der Waals surface area contributed by atoms with Gasteiger partial charge >= 0.3 is 0 Å². The monoisotopic (exact) mass is 327 g/mol. The van der Waals surface area contributed by atoms with Crippen LogP contribution in [0.3, 0.4) is 0 Å². The number of nitro benzene ring substituents is 1. The molecule has 0 radical (unpaired) electrons. The number of benzene rings is 1. The number of halogens is 1. The van der Waals surface area contributed by atoms with Gasteiger partial charge in [0.1, 0.15) is 0 Å². The first kappa shape index (κ1) is 18.4. The lowest BCUT2D eigenvalue weighted by Gasteiger charge is -2.34. The molecule has 2 rings (SSSR count). The second kappa shape index (κ2) is 7.56. The van der Waals surface area contributed by atoms with Crippen molar-refractivity contribution in [3.63, 3.8) is 0 Å². The Balaban J connectivity index is 0.00000242. The van der Waals surface area contributed by atoms with E-state index in [4.69, 9.17) is 0 Å². The molecule has 1 aliphatic rings. The molecule has 6 nitrogen and oxygen atoms in total. The van der Waals surface area contributed by atoms with Crippen LogP contribution in [0.1, 0.15) is 35.7 Å². The molecular weight excluding hydrogens is 306 g/mol. The maximum Gasteiger partial charge on any atom is 0.270 e. The number of non-ortho nitro benzene ring substituents is 1. The summed E-state index contributed by atoms with van der Waals surface area (Å²) in [6.45, 7) is 6.42. The number of carbonyl (C=O) groups excluding carboxylic acids is 1. The Kier molecular flexibility index (Phi) is 6.32. The Bertz CT molecular complexity index is 557. The van der Waals surface area contributed by atoms with E-state index in [1.807, 2.05) is 0 Å². The fourth-order valence-corrected chi connectivity index (χ4v) is 2.60. The Morgan fingerprint density at radius 2 is 2.00 bits per heavy atom. The average molecular weight is 328 g/mol. The van der Waals surface area contributed by atoms with E-state index in [9.17, 15) is 14.9 Å². The molecule has 1 aromatic carbocycles. The van der Waals surface area contributed by atoms with Gasteiger partial charge in [0.25, 0.3) is 11.6 Å². The van der Waals surface area contributed by atoms with Crippen LogP contribution < -0.4 is 10.6 Å². The van der Waals surface area contributed by atoms with Crippen LogP contribution in [-0.2, 0) is 0 Å². The Morgan fingerprint density at radius 3 is 2.59 bits per heavy atom. The summed E-state index contributed by atoms with van der Waals surface area (Å²) in [6, 6.07) is 4.46. The van der Waals surface area contributed by atoms with Crippen LogP contribution in [0.4, 0.5) is 5.69 Å².